The van der Waals surface area contributed by atoms with Crippen LogP contribution in [0.25, 0.3) is 0 Å². The fourth-order valence-corrected chi connectivity index (χ4v) is 3.12. The summed E-state index contributed by atoms with van der Waals surface area (Å²) in [4.78, 5) is 7.58. The molecule has 0 aliphatic rings. The molecule has 2 rings (SSSR count). The second-order valence-corrected chi connectivity index (χ2v) is 5.64. The van der Waals surface area contributed by atoms with E-state index < -0.39 is 0 Å². The molecule has 1 heterocycles. The summed E-state index contributed by atoms with van der Waals surface area (Å²) in [6.45, 7) is 11.0. The van der Waals surface area contributed by atoms with Gasteiger partial charge in [0, 0.05) is 18.4 Å². The van der Waals surface area contributed by atoms with E-state index in [4.69, 9.17) is 0 Å². The van der Waals surface area contributed by atoms with Crippen molar-refractivity contribution in [2.24, 2.45) is 0 Å². The van der Waals surface area contributed by atoms with Gasteiger partial charge in [0.05, 0.1) is 6.04 Å². The third-order valence-electron chi connectivity index (χ3n) is 3.88. The molecule has 3 heteroatoms. The summed E-state index contributed by atoms with van der Waals surface area (Å²) >= 11 is 0. The molecule has 108 valence electrons. The lowest BCUT2D eigenvalue weighted by molar-refractivity contribution is 0.439. The monoisotopic (exact) mass is 271 g/mol. The molecule has 1 aromatic carbocycles. The van der Waals surface area contributed by atoms with E-state index in [1.807, 2.05) is 12.4 Å². The van der Waals surface area contributed by atoms with Gasteiger partial charge in [0.1, 0.15) is 5.82 Å². The predicted octanol–water partition coefficient (Wildman–Crippen LogP) is 4.14. The van der Waals surface area contributed by atoms with Crippen LogP contribution in [0.4, 0.5) is 0 Å². The first-order chi connectivity index (χ1) is 9.52. The van der Waals surface area contributed by atoms with Crippen LogP contribution in [-0.2, 0) is 0 Å². The number of aromatic amines is 1. The Hall–Kier alpha value is -1.61. The van der Waals surface area contributed by atoms with Gasteiger partial charge in [-0.25, -0.2) is 4.98 Å². The van der Waals surface area contributed by atoms with Crippen LogP contribution in [0.5, 0.6) is 0 Å². The van der Waals surface area contributed by atoms with Crippen LogP contribution in [0.3, 0.4) is 0 Å². The molecule has 0 saturated heterocycles. The largest absolute Gasteiger partial charge is 0.347 e. The third kappa shape index (κ3) is 3.10. The molecule has 1 aromatic heterocycles. The quantitative estimate of drug-likeness (QED) is 0.858. The van der Waals surface area contributed by atoms with Crippen molar-refractivity contribution in [3.8, 4) is 0 Å². The number of aryl methyl sites for hydroxylation is 3. The van der Waals surface area contributed by atoms with Crippen LogP contribution in [0.1, 0.15) is 60.4 Å². The smallest absolute Gasteiger partial charge is 0.123 e. The lowest BCUT2D eigenvalue weighted by Gasteiger charge is -2.24. The van der Waals surface area contributed by atoms with Gasteiger partial charge in [0.15, 0.2) is 0 Å². The van der Waals surface area contributed by atoms with Crippen LogP contribution in [0.2, 0.25) is 0 Å². The highest BCUT2D eigenvalue weighted by molar-refractivity contribution is 5.39. The normalized spacial score (nSPS) is 14.2. The number of nitrogens with one attached hydrogen (secondary N) is 2. The van der Waals surface area contributed by atoms with Gasteiger partial charge in [-0.3, -0.25) is 0 Å². The Morgan fingerprint density at radius 3 is 2.35 bits per heavy atom. The van der Waals surface area contributed by atoms with Gasteiger partial charge in [-0.1, -0.05) is 24.6 Å². The highest BCUT2D eigenvalue weighted by Crippen LogP contribution is 2.26. The Balaban J connectivity index is 2.21. The minimum atomic E-state index is 0.264. The lowest BCUT2D eigenvalue weighted by atomic mass is 9.94. The summed E-state index contributed by atoms with van der Waals surface area (Å²) < 4.78 is 0. The lowest BCUT2D eigenvalue weighted by Crippen LogP contribution is -2.26. The molecule has 20 heavy (non-hydrogen) atoms. The van der Waals surface area contributed by atoms with E-state index in [1.165, 1.54) is 22.3 Å². The fraction of sp³-hybridized carbons (Fsp3) is 0.471. The first-order valence-electron chi connectivity index (χ1n) is 7.36. The van der Waals surface area contributed by atoms with Gasteiger partial charge < -0.3 is 10.3 Å². The Labute approximate surface area is 121 Å². The minimum absolute atomic E-state index is 0.264. The Morgan fingerprint density at radius 2 is 1.85 bits per heavy atom. The maximum absolute atomic E-state index is 4.38. The second kappa shape index (κ2) is 6.23. The van der Waals surface area contributed by atoms with E-state index in [0.29, 0.717) is 6.04 Å². The fourth-order valence-electron chi connectivity index (χ4n) is 3.12. The summed E-state index contributed by atoms with van der Waals surface area (Å²) in [5, 5.41) is 3.69. The van der Waals surface area contributed by atoms with Crippen LogP contribution < -0.4 is 5.32 Å². The molecule has 0 amide bonds. The van der Waals surface area contributed by atoms with E-state index in [1.54, 1.807) is 0 Å². The standard InChI is InChI=1S/C17H25N3/c1-6-15(17-18-7-8-19-17)20-14(5)16-12(3)9-11(2)10-13(16)4/h7-10,14-15,20H,6H2,1-5H3,(H,18,19). The van der Waals surface area contributed by atoms with Crippen molar-refractivity contribution in [1.82, 2.24) is 15.3 Å². The average Bonchev–Trinajstić information content (AvgIpc) is 2.88. The van der Waals surface area contributed by atoms with Gasteiger partial charge >= 0.3 is 0 Å². The summed E-state index contributed by atoms with van der Waals surface area (Å²) in [7, 11) is 0. The van der Waals surface area contributed by atoms with Crippen LogP contribution in [-0.4, -0.2) is 9.97 Å². The van der Waals surface area contributed by atoms with E-state index in [2.05, 4.69) is 62.0 Å². The Bertz CT molecular complexity index is 535. The van der Waals surface area contributed by atoms with Crippen molar-refractivity contribution in [2.75, 3.05) is 0 Å². The van der Waals surface area contributed by atoms with Crippen molar-refractivity contribution in [3.05, 3.63) is 52.6 Å². The van der Waals surface area contributed by atoms with Gasteiger partial charge in [0.25, 0.3) is 0 Å². The molecule has 2 aromatic rings. The van der Waals surface area contributed by atoms with Crippen molar-refractivity contribution < 1.29 is 0 Å². The van der Waals surface area contributed by atoms with Gasteiger partial charge in [0.2, 0.25) is 0 Å². The number of benzene rings is 1. The molecule has 0 spiro atoms. The molecular weight excluding hydrogens is 246 g/mol. The predicted molar refractivity (Wildman–Crippen MR) is 83.8 cm³/mol. The highest BCUT2D eigenvalue weighted by Gasteiger charge is 2.18. The highest BCUT2D eigenvalue weighted by atomic mass is 15.0. The second-order valence-electron chi connectivity index (χ2n) is 5.64. The molecular formula is C17H25N3. The van der Waals surface area contributed by atoms with Crippen molar-refractivity contribution in [1.29, 1.82) is 0 Å². The molecule has 2 atom stereocenters. The zero-order valence-electron chi connectivity index (χ0n) is 13.1. The molecule has 0 fully saturated rings. The number of nitrogens with zero attached hydrogens (tertiary/aromatic N) is 1. The van der Waals surface area contributed by atoms with Crippen molar-refractivity contribution in [3.63, 3.8) is 0 Å². The first kappa shape index (κ1) is 14.8. The van der Waals surface area contributed by atoms with Crippen LogP contribution in [0.15, 0.2) is 24.5 Å². The maximum Gasteiger partial charge on any atom is 0.123 e. The Morgan fingerprint density at radius 1 is 1.20 bits per heavy atom. The summed E-state index contributed by atoms with van der Waals surface area (Å²) in [5.74, 6) is 1.02. The summed E-state index contributed by atoms with van der Waals surface area (Å²) in [6.07, 6.45) is 4.71. The van der Waals surface area contributed by atoms with Gasteiger partial charge in [-0.2, -0.15) is 0 Å². The Kier molecular flexibility index (Phi) is 4.61. The number of H-pyrrole nitrogens is 1. The van der Waals surface area contributed by atoms with Crippen LogP contribution >= 0.6 is 0 Å². The molecule has 0 radical (unpaired) electrons. The minimum Gasteiger partial charge on any atom is -0.347 e. The molecule has 0 saturated carbocycles. The van der Waals surface area contributed by atoms with E-state index in [-0.39, 0.29) is 6.04 Å². The number of imidazole rings is 1. The zero-order valence-corrected chi connectivity index (χ0v) is 13.1. The average molecular weight is 271 g/mol. The molecule has 2 unspecified atom stereocenters. The van der Waals surface area contributed by atoms with E-state index in [0.717, 1.165) is 12.2 Å². The first-order valence-corrected chi connectivity index (χ1v) is 7.36. The zero-order chi connectivity index (χ0) is 14.7. The van der Waals surface area contributed by atoms with Crippen molar-refractivity contribution >= 4 is 0 Å². The summed E-state index contributed by atoms with van der Waals surface area (Å²) in [6, 6.07) is 5.09. The maximum atomic E-state index is 4.38. The molecule has 3 nitrogen and oxygen atoms in total. The van der Waals surface area contributed by atoms with Crippen molar-refractivity contribution in [2.45, 2.75) is 53.1 Å². The van der Waals surface area contributed by atoms with E-state index >= 15 is 0 Å². The molecule has 0 aliphatic carbocycles. The topological polar surface area (TPSA) is 40.7 Å². The number of hydrogen-bond acceptors (Lipinski definition) is 2. The number of aromatic nitrogens is 2. The van der Waals surface area contributed by atoms with Gasteiger partial charge in [-0.05, 0) is 50.8 Å². The third-order valence-corrected chi connectivity index (χ3v) is 3.88. The molecule has 2 N–H and O–H groups in total. The molecule has 0 aliphatic heterocycles. The van der Waals surface area contributed by atoms with Gasteiger partial charge in [-0.15, -0.1) is 0 Å². The van der Waals surface area contributed by atoms with E-state index in [9.17, 15) is 0 Å². The SMILES string of the molecule is CCC(NC(C)c1c(C)cc(C)cc1C)c1ncc[nH]1. The number of hydrogen-bond donors (Lipinski definition) is 2. The molecule has 0 bridgehead atoms. The number of rotatable bonds is 5. The van der Waals surface area contributed by atoms with Crippen LogP contribution in [0, 0.1) is 20.8 Å². The summed E-state index contributed by atoms with van der Waals surface area (Å²) in [5.41, 5.74) is 5.45.